The average molecular weight is 334 g/mol. The highest BCUT2D eigenvalue weighted by atomic mass is 35.5. The van der Waals surface area contributed by atoms with Gasteiger partial charge in [0.15, 0.2) is 0 Å². The van der Waals surface area contributed by atoms with Gasteiger partial charge in [-0.2, -0.15) is 0 Å². The van der Waals surface area contributed by atoms with Crippen LogP contribution < -0.4 is 4.72 Å². The summed E-state index contributed by atoms with van der Waals surface area (Å²) in [4.78, 5) is -0.0483. The second-order valence-electron chi connectivity index (χ2n) is 4.15. The van der Waals surface area contributed by atoms with Gasteiger partial charge in [0.05, 0.1) is 20.6 Å². The third-order valence-corrected chi connectivity index (χ3v) is 4.74. The summed E-state index contributed by atoms with van der Waals surface area (Å²) in [6.07, 6.45) is 0. The Morgan fingerprint density at radius 2 is 1.75 bits per heavy atom. The lowest BCUT2D eigenvalue weighted by Crippen LogP contribution is -2.13. The molecule has 2 aromatic carbocycles. The van der Waals surface area contributed by atoms with Crippen LogP contribution in [0.4, 0.5) is 10.1 Å². The molecule has 0 aliphatic rings. The predicted octanol–water partition coefficient (Wildman–Crippen LogP) is 4.24. The zero-order chi connectivity index (χ0) is 14.9. The van der Waals surface area contributed by atoms with E-state index < -0.39 is 15.8 Å². The van der Waals surface area contributed by atoms with Crippen molar-refractivity contribution >= 4 is 38.9 Å². The van der Waals surface area contributed by atoms with Crippen LogP contribution in [-0.4, -0.2) is 8.42 Å². The van der Waals surface area contributed by atoms with Gasteiger partial charge in [0, 0.05) is 0 Å². The molecule has 0 unspecified atom stereocenters. The summed E-state index contributed by atoms with van der Waals surface area (Å²) in [5, 5.41) is 0.386. The van der Waals surface area contributed by atoms with Crippen molar-refractivity contribution in [2.75, 3.05) is 4.72 Å². The Balaban J connectivity index is 2.35. The molecule has 1 N–H and O–H groups in total. The molecule has 2 aromatic rings. The van der Waals surface area contributed by atoms with E-state index in [1.807, 2.05) is 0 Å². The lowest BCUT2D eigenvalue weighted by Gasteiger charge is -2.09. The van der Waals surface area contributed by atoms with Crippen LogP contribution in [0, 0.1) is 12.7 Å². The molecule has 0 radical (unpaired) electrons. The maximum absolute atomic E-state index is 13.4. The third kappa shape index (κ3) is 3.23. The number of halogens is 3. The topological polar surface area (TPSA) is 46.2 Å². The van der Waals surface area contributed by atoms with Crippen LogP contribution in [0.25, 0.3) is 0 Å². The molecule has 0 aliphatic carbocycles. The molecular weight excluding hydrogens is 324 g/mol. The maximum Gasteiger partial charge on any atom is 0.261 e. The van der Waals surface area contributed by atoms with Gasteiger partial charge in [0.1, 0.15) is 5.82 Å². The van der Waals surface area contributed by atoms with E-state index in [9.17, 15) is 12.8 Å². The molecule has 106 valence electrons. The molecular formula is C13H10Cl2FNO2S. The van der Waals surface area contributed by atoms with Gasteiger partial charge in [0.25, 0.3) is 10.0 Å². The standard InChI is InChI=1S/C13H10Cl2FNO2S/c1-8-2-3-9(6-13(8)16)17-20(18,19)10-4-5-11(14)12(15)7-10/h2-7,17H,1H3. The highest BCUT2D eigenvalue weighted by Crippen LogP contribution is 2.26. The lowest BCUT2D eigenvalue weighted by atomic mass is 10.2. The number of benzene rings is 2. The van der Waals surface area contributed by atoms with Gasteiger partial charge < -0.3 is 0 Å². The van der Waals surface area contributed by atoms with Crippen LogP contribution in [0.1, 0.15) is 5.56 Å². The monoisotopic (exact) mass is 333 g/mol. The van der Waals surface area contributed by atoms with Gasteiger partial charge in [-0.05, 0) is 42.8 Å². The molecule has 0 aromatic heterocycles. The number of rotatable bonds is 3. The van der Waals surface area contributed by atoms with E-state index in [-0.39, 0.29) is 20.6 Å². The van der Waals surface area contributed by atoms with Crippen LogP contribution in [0.3, 0.4) is 0 Å². The summed E-state index contributed by atoms with van der Waals surface area (Å²) >= 11 is 11.5. The molecule has 0 saturated heterocycles. The molecule has 0 bridgehead atoms. The lowest BCUT2D eigenvalue weighted by molar-refractivity contribution is 0.601. The van der Waals surface area contributed by atoms with E-state index in [0.29, 0.717) is 5.56 Å². The second kappa shape index (κ2) is 5.60. The quantitative estimate of drug-likeness (QED) is 0.912. The molecule has 20 heavy (non-hydrogen) atoms. The van der Waals surface area contributed by atoms with Gasteiger partial charge >= 0.3 is 0 Å². The number of aryl methyl sites for hydroxylation is 1. The van der Waals surface area contributed by atoms with Crippen molar-refractivity contribution < 1.29 is 12.8 Å². The molecule has 0 heterocycles. The van der Waals surface area contributed by atoms with Crippen LogP contribution in [0.5, 0.6) is 0 Å². The fourth-order valence-corrected chi connectivity index (χ4v) is 2.95. The molecule has 3 nitrogen and oxygen atoms in total. The van der Waals surface area contributed by atoms with E-state index in [0.717, 1.165) is 6.07 Å². The first kappa shape index (κ1) is 15.1. The fourth-order valence-electron chi connectivity index (χ4n) is 1.51. The van der Waals surface area contributed by atoms with Crippen molar-refractivity contribution in [1.82, 2.24) is 0 Å². The summed E-state index contributed by atoms with van der Waals surface area (Å²) < 4.78 is 39.9. The molecule has 0 aliphatic heterocycles. The predicted molar refractivity (Wildman–Crippen MR) is 78.4 cm³/mol. The Morgan fingerprint density at radius 1 is 1.05 bits per heavy atom. The normalized spacial score (nSPS) is 11.4. The first-order valence-electron chi connectivity index (χ1n) is 5.53. The summed E-state index contributed by atoms with van der Waals surface area (Å²) in [6, 6.07) is 8.02. The highest BCUT2D eigenvalue weighted by Gasteiger charge is 2.16. The van der Waals surface area contributed by atoms with Gasteiger partial charge in [-0.1, -0.05) is 29.3 Å². The summed E-state index contributed by atoms with van der Waals surface area (Å²) in [5.41, 5.74) is 0.571. The Labute approximate surface area is 126 Å². The number of nitrogens with one attached hydrogen (secondary N) is 1. The van der Waals surface area contributed by atoms with Crippen molar-refractivity contribution in [2.45, 2.75) is 11.8 Å². The van der Waals surface area contributed by atoms with Crippen LogP contribution in [0.2, 0.25) is 10.0 Å². The summed E-state index contributed by atoms with van der Waals surface area (Å²) in [7, 11) is -3.84. The van der Waals surface area contributed by atoms with E-state index in [4.69, 9.17) is 23.2 Å². The van der Waals surface area contributed by atoms with Crippen molar-refractivity contribution in [2.24, 2.45) is 0 Å². The maximum atomic E-state index is 13.4. The van der Waals surface area contributed by atoms with Crippen molar-refractivity contribution in [1.29, 1.82) is 0 Å². The SMILES string of the molecule is Cc1ccc(NS(=O)(=O)c2ccc(Cl)c(Cl)c2)cc1F. The smallest absolute Gasteiger partial charge is 0.261 e. The minimum atomic E-state index is -3.84. The molecule has 0 atom stereocenters. The highest BCUT2D eigenvalue weighted by molar-refractivity contribution is 7.92. The van der Waals surface area contributed by atoms with Gasteiger partial charge in [-0.15, -0.1) is 0 Å². The Hall–Kier alpha value is -1.30. The second-order valence-corrected chi connectivity index (χ2v) is 6.64. The minimum absolute atomic E-state index is 0.0483. The first-order valence-corrected chi connectivity index (χ1v) is 7.77. The molecule has 0 amide bonds. The number of hydrogen-bond donors (Lipinski definition) is 1. The van der Waals surface area contributed by atoms with E-state index >= 15 is 0 Å². The zero-order valence-corrected chi connectivity index (χ0v) is 12.7. The zero-order valence-electron chi connectivity index (χ0n) is 10.3. The minimum Gasteiger partial charge on any atom is -0.280 e. The summed E-state index contributed by atoms with van der Waals surface area (Å²) in [6.45, 7) is 1.59. The van der Waals surface area contributed by atoms with E-state index in [2.05, 4.69) is 4.72 Å². The number of sulfonamides is 1. The Morgan fingerprint density at radius 3 is 2.35 bits per heavy atom. The van der Waals surface area contributed by atoms with Crippen LogP contribution >= 0.6 is 23.2 Å². The molecule has 7 heteroatoms. The third-order valence-electron chi connectivity index (χ3n) is 2.63. The van der Waals surface area contributed by atoms with Crippen LogP contribution in [0.15, 0.2) is 41.3 Å². The van der Waals surface area contributed by atoms with Crippen molar-refractivity contribution in [3.8, 4) is 0 Å². The fraction of sp³-hybridized carbons (Fsp3) is 0.0769. The Bertz CT molecular complexity index is 763. The van der Waals surface area contributed by atoms with Gasteiger partial charge in [-0.3, -0.25) is 4.72 Å². The molecule has 0 spiro atoms. The van der Waals surface area contributed by atoms with Crippen molar-refractivity contribution in [3.63, 3.8) is 0 Å². The number of anilines is 1. The molecule has 2 rings (SSSR count). The summed E-state index contributed by atoms with van der Waals surface area (Å²) in [5.74, 6) is -0.487. The van der Waals surface area contributed by atoms with Gasteiger partial charge in [-0.25, -0.2) is 12.8 Å². The van der Waals surface area contributed by atoms with Gasteiger partial charge in [0.2, 0.25) is 0 Å². The van der Waals surface area contributed by atoms with E-state index in [1.54, 1.807) is 6.92 Å². The van der Waals surface area contributed by atoms with E-state index in [1.165, 1.54) is 30.3 Å². The molecule has 0 saturated carbocycles. The van der Waals surface area contributed by atoms with Crippen molar-refractivity contribution in [3.05, 3.63) is 57.8 Å². The largest absolute Gasteiger partial charge is 0.280 e. The first-order chi connectivity index (χ1) is 9.29. The average Bonchev–Trinajstić information content (AvgIpc) is 2.37. The van der Waals surface area contributed by atoms with Crippen LogP contribution in [-0.2, 0) is 10.0 Å². The number of hydrogen-bond acceptors (Lipinski definition) is 2. The molecule has 0 fully saturated rings. The Kier molecular flexibility index (Phi) is 4.22.